The van der Waals surface area contributed by atoms with E-state index in [1.54, 1.807) is 24.3 Å². The summed E-state index contributed by atoms with van der Waals surface area (Å²) in [5, 5.41) is 16.2. The first-order valence-electron chi connectivity index (χ1n) is 7.99. The lowest BCUT2D eigenvalue weighted by Gasteiger charge is -2.26. The van der Waals surface area contributed by atoms with Crippen LogP contribution in [0.15, 0.2) is 42.5 Å². The number of nitro groups is 1. The molecule has 27 heavy (non-hydrogen) atoms. The molecule has 1 aliphatic heterocycles. The highest BCUT2D eigenvalue weighted by molar-refractivity contribution is 6.08. The maximum absolute atomic E-state index is 12.7. The van der Waals surface area contributed by atoms with Gasteiger partial charge >= 0.3 is 6.03 Å². The lowest BCUT2D eigenvalue weighted by molar-refractivity contribution is -0.386. The van der Waals surface area contributed by atoms with Crippen molar-refractivity contribution in [2.75, 3.05) is 14.2 Å². The van der Waals surface area contributed by atoms with E-state index in [1.165, 1.54) is 32.4 Å². The number of rotatable bonds is 6. The molecule has 0 bridgehead atoms. The van der Waals surface area contributed by atoms with E-state index in [9.17, 15) is 19.7 Å². The van der Waals surface area contributed by atoms with Crippen molar-refractivity contribution < 1.29 is 24.0 Å². The highest BCUT2D eigenvalue weighted by Gasteiger charge is 2.50. The van der Waals surface area contributed by atoms with Crippen molar-refractivity contribution in [2.24, 2.45) is 0 Å². The number of nitro benzene ring substituents is 1. The number of nitrogens with one attached hydrogen (secondary N) is 2. The zero-order valence-electron chi connectivity index (χ0n) is 14.6. The van der Waals surface area contributed by atoms with Crippen molar-refractivity contribution in [3.63, 3.8) is 0 Å². The van der Waals surface area contributed by atoms with Gasteiger partial charge in [0.1, 0.15) is 0 Å². The number of methoxy groups -OCH3 is 2. The number of carbonyl (C=O) groups excluding carboxylic acids is 2. The minimum Gasteiger partial charge on any atom is -0.493 e. The van der Waals surface area contributed by atoms with Crippen molar-refractivity contribution in [1.82, 2.24) is 10.6 Å². The fourth-order valence-electron chi connectivity index (χ4n) is 3.19. The Labute approximate surface area is 154 Å². The largest absolute Gasteiger partial charge is 0.493 e. The third-order valence-electron chi connectivity index (χ3n) is 4.42. The van der Waals surface area contributed by atoms with Crippen LogP contribution < -0.4 is 20.1 Å². The highest BCUT2D eigenvalue weighted by Crippen LogP contribution is 2.37. The zero-order valence-corrected chi connectivity index (χ0v) is 14.6. The van der Waals surface area contributed by atoms with Gasteiger partial charge in [-0.1, -0.05) is 18.2 Å². The molecule has 140 valence electrons. The molecule has 0 aliphatic carbocycles. The minimum absolute atomic E-state index is 0.00419. The number of imide groups is 1. The lowest BCUT2D eigenvalue weighted by atomic mass is 9.82. The van der Waals surface area contributed by atoms with Gasteiger partial charge in [0, 0.05) is 12.5 Å². The molecule has 2 aromatic carbocycles. The van der Waals surface area contributed by atoms with E-state index in [2.05, 4.69) is 10.6 Å². The summed E-state index contributed by atoms with van der Waals surface area (Å²) in [6.45, 7) is 0. The highest BCUT2D eigenvalue weighted by atomic mass is 16.6. The molecular weight excluding hydrogens is 354 g/mol. The quantitative estimate of drug-likeness (QED) is 0.455. The molecule has 0 radical (unpaired) electrons. The molecule has 1 saturated heterocycles. The van der Waals surface area contributed by atoms with E-state index >= 15 is 0 Å². The molecule has 1 atom stereocenters. The number of para-hydroxylation sites is 1. The number of hydrogen-bond donors (Lipinski definition) is 2. The third-order valence-corrected chi connectivity index (χ3v) is 4.42. The number of nitrogens with zero attached hydrogens (tertiary/aromatic N) is 1. The fourth-order valence-corrected chi connectivity index (χ4v) is 3.19. The number of ether oxygens (including phenoxy) is 2. The molecule has 1 fully saturated rings. The maximum atomic E-state index is 12.7. The predicted molar refractivity (Wildman–Crippen MR) is 94.7 cm³/mol. The Bertz CT molecular complexity index is 929. The van der Waals surface area contributed by atoms with Gasteiger partial charge < -0.3 is 14.8 Å². The summed E-state index contributed by atoms with van der Waals surface area (Å²) in [7, 11) is 2.97. The Morgan fingerprint density at radius 2 is 1.78 bits per heavy atom. The summed E-state index contributed by atoms with van der Waals surface area (Å²) in [6, 6.07) is 10.2. The summed E-state index contributed by atoms with van der Waals surface area (Å²) in [4.78, 5) is 35.5. The van der Waals surface area contributed by atoms with Crippen LogP contribution in [0.1, 0.15) is 11.1 Å². The van der Waals surface area contributed by atoms with Gasteiger partial charge in [-0.3, -0.25) is 20.2 Å². The van der Waals surface area contributed by atoms with Crippen LogP contribution in [0.5, 0.6) is 11.5 Å². The maximum Gasteiger partial charge on any atom is 0.322 e. The third kappa shape index (κ3) is 3.14. The van der Waals surface area contributed by atoms with Crippen molar-refractivity contribution in [2.45, 2.75) is 12.0 Å². The molecule has 0 spiro atoms. The van der Waals surface area contributed by atoms with Crippen LogP contribution in [0.3, 0.4) is 0 Å². The molecule has 1 aliphatic rings. The van der Waals surface area contributed by atoms with Crippen molar-refractivity contribution in [1.29, 1.82) is 0 Å². The van der Waals surface area contributed by atoms with E-state index < -0.39 is 22.4 Å². The van der Waals surface area contributed by atoms with Gasteiger partial charge in [-0.2, -0.15) is 0 Å². The second kappa shape index (κ2) is 6.94. The summed E-state index contributed by atoms with van der Waals surface area (Å²) >= 11 is 0. The summed E-state index contributed by atoms with van der Waals surface area (Å²) in [6.07, 6.45) is -0.00419. The van der Waals surface area contributed by atoms with E-state index in [0.717, 1.165) is 0 Å². The molecule has 9 heteroatoms. The molecule has 1 heterocycles. The average molecular weight is 371 g/mol. The Kier molecular flexibility index (Phi) is 4.68. The fraction of sp³-hybridized carbons (Fsp3) is 0.222. The van der Waals surface area contributed by atoms with Crippen LogP contribution in [-0.2, 0) is 16.8 Å². The van der Waals surface area contributed by atoms with Crippen LogP contribution >= 0.6 is 0 Å². The first-order chi connectivity index (χ1) is 12.9. The van der Waals surface area contributed by atoms with Gasteiger partial charge in [0.15, 0.2) is 17.0 Å². The molecule has 9 nitrogen and oxygen atoms in total. The first kappa shape index (κ1) is 18.2. The van der Waals surface area contributed by atoms with Crippen molar-refractivity contribution in [3.05, 3.63) is 63.7 Å². The van der Waals surface area contributed by atoms with Gasteiger partial charge in [0.05, 0.1) is 24.7 Å². The topological polar surface area (TPSA) is 120 Å². The van der Waals surface area contributed by atoms with Crippen molar-refractivity contribution >= 4 is 17.6 Å². The monoisotopic (exact) mass is 371 g/mol. The number of urea groups is 1. The number of amides is 3. The Hall–Kier alpha value is -3.62. The zero-order chi connectivity index (χ0) is 19.6. The number of carbonyl (C=O) groups is 2. The molecule has 1 unspecified atom stereocenters. The first-order valence-corrected chi connectivity index (χ1v) is 7.99. The van der Waals surface area contributed by atoms with Crippen LogP contribution in [0.2, 0.25) is 0 Å². The van der Waals surface area contributed by atoms with Gasteiger partial charge in [0.25, 0.3) is 11.6 Å². The van der Waals surface area contributed by atoms with Gasteiger partial charge in [-0.25, -0.2) is 4.79 Å². The van der Waals surface area contributed by atoms with E-state index in [0.29, 0.717) is 17.1 Å². The second-order valence-electron chi connectivity index (χ2n) is 5.95. The molecule has 2 N–H and O–H groups in total. The average Bonchev–Trinajstić information content (AvgIpc) is 2.95. The predicted octanol–water partition coefficient (Wildman–Crippen LogP) is 1.89. The molecule has 0 saturated carbocycles. The normalized spacial score (nSPS) is 18.6. The molecule has 2 aromatic rings. The molecular formula is C18H17N3O6. The van der Waals surface area contributed by atoms with E-state index in [4.69, 9.17) is 9.47 Å². The van der Waals surface area contributed by atoms with Gasteiger partial charge in [-0.15, -0.1) is 0 Å². The van der Waals surface area contributed by atoms with Crippen molar-refractivity contribution in [3.8, 4) is 11.5 Å². The van der Waals surface area contributed by atoms with Crippen LogP contribution in [0.4, 0.5) is 10.5 Å². The minimum atomic E-state index is -1.61. The van der Waals surface area contributed by atoms with Crippen LogP contribution in [0, 0.1) is 10.1 Å². The summed E-state index contributed by atoms with van der Waals surface area (Å²) in [5.74, 6) is 0.287. The number of hydrogen-bond acceptors (Lipinski definition) is 6. The van der Waals surface area contributed by atoms with Gasteiger partial charge in [0.2, 0.25) is 0 Å². The Morgan fingerprint density at radius 3 is 2.37 bits per heavy atom. The summed E-state index contributed by atoms with van der Waals surface area (Å²) < 4.78 is 10.5. The van der Waals surface area contributed by atoms with E-state index in [-0.39, 0.29) is 17.7 Å². The smallest absolute Gasteiger partial charge is 0.322 e. The Morgan fingerprint density at radius 1 is 1.07 bits per heavy atom. The summed E-state index contributed by atoms with van der Waals surface area (Å²) in [5.41, 5.74) is -1.13. The molecule has 3 amide bonds. The molecule has 3 rings (SSSR count). The van der Waals surface area contributed by atoms with Crippen LogP contribution in [0.25, 0.3) is 0 Å². The Balaban J connectivity index is 2.13. The lowest BCUT2D eigenvalue weighted by Crippen LogP contribution is -2.46. The second-order valence-corrected chi connectivity index (χ2v) is 5.95. The SMILES string of the molecule is COc1ccc(CC2(c3ccccc3[N+](=O)[O-])NC(=O)NC2=O)cc1OC. The van der Waals surface area contributed by atoms with E-state index in [1.807, 2.05) is 0 Å². The molecule has 0 aromatic heterocycles. The number of benzene rings is 2. The standard InChI is InChI=1S/C18H17N3O6/c1-26-14-8-7-11(9-15(14)27-2)10-18(16(22)19-17(23)20-18)12-5-3-4-6-13(12)21(24)25/h3-9H,10H2,1-2H3,(H2,19,20,22,23). The van der Waals surface area contributed by atoms with Crippen LogP contribution in [-0.4, -0.2) is 31.1 Å². The van der Waals surface area contributed by atoms with Gasteiger partial charge in [-0.05, 0) is 23.8 Å².